The van der Waals surface area contributed by atoms with Gasteiger partial charge in [-0.1, -0.05) is 18.2 Å². The lowest BCUT2D eigenvalue weighted by atomic mass is 10.0. The number of nitrogens with zero attached hydrogens (tertiary/aromatic N) is 4. The third-order valence-electron chi connectivity index (χ3n) is 4.35. The van der Waals surface area contributed by atoms with Crippen molar-refractivity contribution in [3.8, 4) is 0 Å². The van der Waals surface area contributed by atoms with Crippen LogP contribution in [0.1, 0.15) is 18.7 Å². The van der Waals surface area contributed by atoms with Crippen LogP contribution in [0.15, 0.2) is 30.3 Å². The molecule has 1 aromatic carbocycles. The minimum absolute atomic E-state index is 0.479. The number of aromatic nitrogens is 2. The van der Waals surface area contributed by atoms with E-state index in [1.165, 1.54) is 30.1 Å². The Morgan fingerprint density at radius 3 is 2.96 bits per heavy atom. The monoisotopic (exact) mass is 332 g/mol. The van der Waals surface area contributed by atoms with Crippen LogP contribution in [0.4, 0.5) is 10.8 Å². The number of piperidine rings is 1. The van der Waals surface area contributed by atoms with Gasteiger partial charge in [-0.3, -0.25) is 0 Å². The van der Waals surface area contributed by atoms with Crippen LogP contribution in [0.3, 0.4) is 0 Å². The molecule has 0 amide bonds. The van der Waals surface area contributed by atoms with E-state index in [2.05, 4.69) is 56.5 Å². The first-order chi connectivity index (χ1) is 11.3. The number of hydrogen-bond acceptors (Lipinski definition) is 6. The largest absolute Gasteiger partial charge is 0.384 e. The number of likely N-dealkylation sites (N-methyl/N-ethyl adjacent to an activating group) is 1. The molecule has 0 saturated carbocycles. The van der Waals surface area contributed by atoms with E-state index in [9.17, 15) is 0 Å². The van der Waals surface area contributed by atoms with Crippen molar-refractivity contribution in [2.24, 2.45) is 0 Å². The van der Waals surface area contributed by atoms with Crippen LogP contribution in [0.5, 0.6) is 0 Å². The minimum Gasteiger partial charge on any atom is -0.384 e. The van der Waals surface area contributed by atoms with Crippen LogP contribution >= 0.6 is 11.5 Å². The van der Waals surface area contributed by atoms with E-state index < -0.39 is 0 Å². The van der Waals surface area contributed by atoms with Crippen molar-refractivity contribution in [1.82, 2.24) is 9.36 Å². The molecule has 0 radical (unpaired) electrons. The Morgan fingerprint density at radius 2 is 2.17 bits per heavy atom. The molecule has 2 aromatic rings. The first-order valence-corrected chi connectivity index (χ1v) is 8.89. The molecule has 0 N–H and O–H groups in total. The van der Waals surface area contributed by atoms with Gasteiger partial charge in [-0.2, -0.15) is 4.37 Å². The fraction of sp³-hybridized carbons (Fsp3) is 0.529. The lowest BCUT2D eigenvalue weighted by molar-refractivity contribution is 0.201. The minimum atomic E-state index is 0.479. The van der Waals surface area contributed by atoms with E-state index >= 15 is 0 Å². The predicted molar refractivity (Wildman–Crippen MR) is 95.6 cm³/mol. The van der Waals surface area contributed by atoms with Crippen LogP contribution in [-0.2, 0) is 11.2 Å². The van der Waals surface area contributed by atoms with E-state index in [0.717, 1.165) is 30.5 Å². The normalized spacial score (nSPS) is 18.2. The summed E-state index contributed by atoms with van der Waals surface area (Å²) >= 11 is 1.49. The third kappa shape index (κ3) is 4.00. The van der Waals surface area contributed by atoms with Crippen LogP contribution in [0.25, 0.3) is 0 Å². The summed E-state index contributed by atoms with van der Waals surface area (Å²) in [5.74, 6) is 0.884. The molecule has 1 aliphatic heterocycles. The van der Waals surface area contributed by atoms with Crippen molar-refractivity contribution in [3.63, 3.8) is 0 Å². The molecule has 1 aromatic heterocycles. The number of para-hydroxylation sites is 1. The predicted octanol–water partition coefficient (Wildman–Crippen LogP) is 2.83. The van der Waals surface area contributed by atoms with Gasteiger partial charge in [0.15, 0.2) is 0 Å². The molecular formula is C17H24N4OS. The summed E-state index contributed by atoms with van der Waals surface area (Å²) in [5.41, 5.74) is 1.31. The second-order valence-corrected chi connectivity index (χ2v) is 6.65. The van der Waals surface area contributed by atoms with Gasteiger partial charge in [0.1, 0.15) is 5.82 Å². The second kappa shape index (κ2) is 7.75. The summed E-state index contributed by atoms with van der Waals surface area (Å²) in [4.78, 5) is 9.42. The van der Waals surface area contributed by atoms with Gasteiger partial charge in [-0.05, 0) is 25.0 Å². The Bertz CT molecular complexity index is 604. The summed E-state index contributed by atoms with van der Waals surface area (Å²) < 4.78 is 9.54. The SMILES string of the molecule is COCCc1nsc(N(C)C2CCCN(c3ccccc3)C2)n1. The Morgan fingerprint density at radius 1 is 1.35 bits per heavy atom. The standard InChI is InChI=1S/C17H24N4OS/c1-20(17-18-16(19-23-17)10-12-22-2)15-9-6-11-21(13-15)14-7-4-3-5-8-14/h3-5,7-8,15H,6,9-13H2,1-2H3. The van der Waals surface area contributed by atoms with E-state index in [1.807, 2.05) is 0 Å². The van der Waals surface area contributed by atoms with Crippen molar-refractivity contribution in [3.05, 3.63) is 36.2 Å². The lowest BCUT2D eigenvalue weighted by Crippen LogP contribution is -2.46. The molecule has 0 spiro atoms. The number of benzene rings is 1. The maximum atomic E-state index is 5.10. The summed E-state index contributed by atoms with van der Waals surface area (Å²) in [7, 11) is 3.85. The molecule has 6 heteroatoms. The van der Waals surface area contributed by atoms with Gasteiger partial charge in [0, 0.05) is 56.9 Å². The summed E-state index contributed by atoms with van der Waals surface area (Å²) in [6.07, 6.45) is 3.19. The fourth-order valence-electron chi connectivity index (χ4n) is 2.98. The highest BCUT2D eigenvalue weighted by Crippen LogP contribution is 2.26. The molecule has 2 heterocycles. The number of anilines is 2. The fourth-order valence-corrected chi connectivity index (χ4v) is 3.73. The van der Waals surface area contributed by atoms with E-state index in [4.69, 9.17) is 4.74 Å². The van der Waals surface area contributed by atoms with Gasteiger partial charge in [-0.15, -0.1) is 0 Å². The first kappa shape index (κ1) is 16.2. The van der Waals surface area contributed by atoms with Crippen molar-refractivity contribution in [2.45, 2.75) is 25.3 Å². The molecule has 1 atom stereocenters. The number of rotatable bonds is 6. The molecule has 3 rings (SSSR count). The third-order valence-corrected chi connectivity index (χ3v) is 5.20. The van der Waals surface area contributed by atoms with Gasteiger partial charge in [0.25, 0.3) is 0 Å². The molecule has 1 fully saturated rings. The number of hydrogen-bond donors (Lipinski definition) is 0. The van der Waals surface area contributed by atoms with Crippen molar-refractivity contribution in [1.29, 1.82) is 0 Å². The van der Waals surface area contributed by atoms with Crippen LogP contribution in [0, 0.1) is 0 Å². The van der Waals surface area contributed by atoms with Crippen LogP contribution in [-0.4, -0.2) is 49.3 Å². The van der Waals surface area contributed by atoms with Gasteiger partial charge in [0.05, 0.1) is 6.61 Å². The summed E-state index contributed by atoms with van der Waals surface area (Å²) in [6.45, 7) is 2.84. The molecular weight excluding hydrogens is 308 g/mol. The zero-order valence-electron chi connectivity index (χ0n) is 13.8. The van der Waals surface area contributed by atoms with E-state index in [-0.39, 0.29) is 0 Å². The smallest absolute Gasteiger partial charge is 0.205 e. The van der Waals surface area contributed by atoms with Gasteiger partial charge < -0.3 is 14.5 Å². The average molecular weight is 332 g/mol. The summed E-state index contributed by atoms with van der Waals surface area (Å²) in [6, 6.07) is 11.1. The first-order valence-electron chi connectivity index (χ1n) is 8.12. The van der Waals surface area contributed by atoms with Gasteiger partial charge >= 0.3 is 0 Å². The Kier molecular flexibility index (Phi) is 5.46. The topological polar surface area (TPSA) is 41.5 Å². The molecule has 1 unspecified atom stereocenters. The van der Waals surface area contributed by atoms with Gasteiger partial charge in [0.2, 0.25) is 5.13 Å². The number of methoxy groups -OCH3 is 1. The Balaban J connectivity index is 1.65. The lowest BCUT2D eigenvalue weighted by Gasteiger charge is -2.38. The maximum Gasteiger partial charge on any atom is 0.205 e. The Labute approximate surface area is 142 Å². The highest BCUT2D eigenvalue weighted by Gasteiger charge is 2.25. The van der Waals surface area contributed by atoms with Crippen molar-refractivity contribution in [2.75, 3.05) is 43.7 Å². The van der Waals surface area contributed by atoms with E-state index in [0.29, 0.717) is 12.6 Å². The van der Waals surface area contributed by atoms with Crippen LogP contribution in [0.2, 0.25) is 0 Å². The van der Waals surface area contributed by atoms with Crippen molar-refractivity contribution >= 4 is 22.4 Å². The maximum absolute atomic E-state index is 5.10. The summed E-state index contributed by atoms with van der Waals surface area (Å²) in [5, 5.41) is 1.01. The Hall–Kier alpha value is -1.66. The quantitative estimate of drug-likeness (QED) is 0.814. The van der Waals surface area contributed by atoms with Crippen LogP contribution < -0.4 is 9.80 Å². The number of ether oxygens (including phenoxy) is 1. The molecule has 1 saturated heterocycles. The zero-order valence-corrected chi connectivity index (χ0v) is 14.6. The molecule has 0 aliphatic carbocycles. The highest BCUT2D eigenvalue weighted by molar-refractivity contribution is 7.09. The molecule has 0 bridgehead atoms. The average Bonchev–Trinajstić information content (AvgIpc) is 3.09. The van der Waals surface area contributed by atoms with Crippen molar-refractivity contribution < 1.29 is 4.74 Å². The molecule has 23 heavy (non-hydrogen) atoms. The zero-order chi connectivity index (χ0) is 16.1. The highest BCUT2D eigenvalue weighted by atomic mass is 32.1. The molecule has 1 aliphatic rings. The second-order valence-electron chi connectivity index (χ2n) is 5.92. The molecule has 124 valence electrons. The van der Waals surface area contributed by atoms with Gasteiger partial charge in [-0.25, -0.2) is 4.98 Å². The van der Waals surface area contributed by atoms with E-state index in [1.54, 1.807) is 7.11 Å². The molecule has 5 nitrogen and oxygen atoms in total.